The summed E-state index contributed by atoms with van der Waals surface area (Å²) in [5, 5.41) is 10.7. The normalized spacial score (nSPS) is 11.7. The van der Waals surface area contributed by atoms with Crippen molar-refractivity contribution in [1.82, 2.24) is 0 Å². The SMILES string of the molecule is CC(=O)c1cc(-c2ccccc2)ccc1C(CCc1ccc(-c2ccc(Cl)cc2)cc1)C(=O)O. The van der Waals surface area contributed by atoms with Crippen LogP contribution in [-0.2, 0) is 11.2 Å². The second-order valence-electron chi connectivity index (χ2n) is 8.36. The molecule has 4 aromatic carbocycles. The Morgan fingerprint density at radius 2 is 1.32 bits per heavy atom. The van der Waals surface area contributed by atoms with E-state index in [1.54, 1.807) is 6.07 Å². The average Bonchev–Trinajstić information content (AvgIpc) is 2.85. The van der Waals surface area contributed by atoms with Crippen molar-refractivity contribution in [2.45, 2.75) is 25.7 Å². The maximum atomic E-state index is 12.4. The molecule has 0 aliphatic heterocycles. The Bertz CT molecular complexity index is 1290. The highest BCUT2D eigenvalue weighted by atomic mass is 35.5. The van der Waals surface area contributed by atoms with Gasteiger partial charge in [0.2, 0.25) is 0 Å². The molecule has 1 atom stereocenters. The van der Waals surface area contributed by atoms with Gasteiger partial charge < -0.3 is 5.11 Å². The maximum absolute atomic E-state index is 12.4. The summed E-state index contributed by atoms with van der Waals surface area (Å²) in [7, 11) is 0. The number of hydrogen-bond donors (Lipinski definition) is 1. The van der Waals surface area contributed by atoms with Gasteiger partial charge >= 0.3 is 5.97 Å². The first kappa shape index (κ1) is 23.5. The first-order chi connectivity index (χ1) is 16.4. The Hall–Kier alpha value is -3.69. The third-order valence-corrected chi connectivity index (χ3v) is 6.32. The van der Waals surface area contributed by atoms with Crippen LogP contribution in [-0.4, -0.2) is 16.9 Å². The number of aryl methyl sites for hydroxylation is 1. The van der Waals surface area contributed by atoms with Gasteiger partial charge in [0.25, 0.3) is 0 Å². The Balaban J connectivity index is 1.55. The topological polar surface area (TPSA) is 54.4 Å². The number of aliphatic carboxylic acids is 1. The Labute approximate surface area is 204 Å². The molecule has 170 valence electrons. The highest BCUT2D eigenvalue weighted by molar-refractivity contribution is 6.30. The van der Waals surface area contributed by atoms with E-state index in [-0.39, 0.29) is 5.78 Å². The number of carbonyl (C=O) groups is 2. The third kappa shape index (κ3) is 5.44. The second-order valence-corrected chi connectivity index (χ2v) is 8.79. The number of hydrogen-bond acceptors (Lipinski definition) is 2. The van der Waals surface area contributed by atoms with Gasteiger partial charge in [-0.15, -0.1) is 0 Å². The van der Waals surface area contributed by atoms with Gasteiger partial charge in [0, 0.05) is 10.6 Å². The molecule has 0 aromatic heterocycles. The van der Waals surface area contributed by atoms with Crippen molar-refractivity contribution in [3.63, 3.8) is 0 Å². The van der Waals surface area contributed by atoms with Crippen LogP contribution in [0.4, 0.5) is 0 Å². The monoisotopic (exact) mass is 468 g/mol. The van der Waals surface area contributed by atoms with Gasteiger partial charge in [-0.2, -0.15) is 0 Å². The number of halogens is 1. The van der Waals surface area contributed by atoms with E-state index in [0.717, 1.165) is 27.8 Å². The van der Waals surface area contributed by atoms with Crippen molar-refractivity contribution >= 4 is 23.4 Å². The van der Waals surface area contributed by atoms with Crippen molar-refractivity contribution in [3.8, 4) is 22.3 Å². The molecule has 4 rings (SSSR count). The fraction of sp³-hybridized carbons (Fsp3) is 0.133. The molecule has 3 nitrogen and oxygen atoms in total. The lowest BCUT2D eigenvalue weighted by Crippen LogP contribution is -2.16. The molecule has 0 aliphatic rings. The van der Waals surface area contributed by atoms with Crippen LogP contribution in [0.5, 0.6) is 0 Å². The first-order valence-electron chi connectivity index (χ1n) is 11.2. The van der Waals surface area contributed by atoms with E-state index in [1.807, 2.05) is 91.0 Å². The van der Waals surface area contributed by atoms with Gasteiger partial charge in [0.15, 0.2) is 5.78 Å². The van der Waals surface area contributed by atoms with Crippen LogP contribution in [0.15, 0.2) is 97.1 Å². The lowest BCUT2D eigenvalue weighted by Gasteiger charge is -2.17. The standard InChI is InChI=1S/C30H25ClO3/c1-20(32)29-19-25(22-5-3-2-4-6-22)14-18-27(29)28(30(33)34)17-9-21-7-10-23(11-8-21)24-12-15-26(31)16-13-24/h2-8,10-16,18-19,28H,9,17H2,1H3,(H,33,34). The van der Waals surface area contributed by atoms with E-state index in [9.17, 15) is 14.7 Å². The van der Waals surface area contributed by atoms with Crippen LogP contribution in [0, 0.1) is 0 Å². The van der Waals surface area contributed by atoms with Gasteiger partial charge in [0.1, 0.15) is 0 Å². The molecule has 1 unspecified atom stereocenters. The molecule has 0 amide bonds. The Morgan fingerprint density at radius 3 is 1.91 bits per heavy atom. The molecule has 0 radical (unpaired) electrons. The molecule has 0 aliphatic carbocycles. The van der Waals surface area contributed by atoms with Gasteiger partial charge in [-0.1, -0.05) is 90.5 Å². The lowest BCUT2D eigenvalue weighted by molar-refractivity contribution is -0.138. The van der Waals surface area contributed by atoms with Crippen LogP contribution < -0.4 is 0 Å². The molecule has 4 aromatic rings. The quantitative estimate of drug-likeness (QED) is 0.270. The molecule has 0 bridgehead atoms. The number of ketones is 1. The highest BCUT2D eigenvalue weighted by Gasteiger charge is 2.24. The summed E-state index contributed by atoms with van der Waals surface area (Å²) >= 11 is 5.97. The molecule has 34 heavy (non-hydrogen) atoms. The molecule has 0 saturated heterocycles. The fourth-order valence-corrected chi connectivity index (χ4v) is 4.33. The largest absolute Gasteiger partial charge is 0.481 e. The number of rotatable bonds is 8. The van der Waals surface area contributed by atoms with Gasteiger partial charge in [0.05, 0.1) is 5.92 Å². The predicted molar refractivity (Wildman–Crippen MR) is 137 cm³/mol. The van der Waals surface area contributed by atoms with Crippen molar-refractivity contribution in [3.05, 3.63) is 119 Å². The van der Waals surface area contributed by atoms with Crippen LogP contribution in [0.1, 0.15) is 40.7 Å². The van der Waals surface area contributed by atoms with Crippen molar-refractivity contribution in [1.29, 1.82) is 0 Å². The number of carbonyl (C=O) groups excluding carboxylic acids is 1. The van der Waals surface area contributed by atoms with E-state index in [0.29, 0.717) is 29.0 Å². The zero-order valence-electron chi connectivity index (χ0n) is 18.9. The van der Waals surface area contributed by atoms with E-state index >= 15 is 0 Å². The molecule has 0 spiro atoms. The number of carboxylic acid groups (broad SMARTS) is 1. The number of Topliss-reactive ketones (excluding diaryl/α,β-unsaturated/α-hetero) is 1. The summed E-state index contributed by atoms with van der Waals surface area (Å²) < 4.78 is 0. The molecular weight excluding hydrogens is 444 g/mol. The van der Waals surface area contributed by atoms with E-state index in [2.05, 4.69) is 0 Å². The van der Waals surface area contributed by atoms with Gasteiger partial charge in [-0.25, -0.2) is 0 Å². The number of carboxylic acids is 1. The molecular formula is C30H25ClO3. The lowest BCUT2D eigenvalue weighted by atomic mass is 9.86. The van der Waals surface area contributed by atoms with Crippen molar-refractivity contribution < 1.29 is 14.7 Å². The molecule has 4 heteroatoms. The summed E-state index contributed by atoms with van der Waals surface area (Å²) in [5.74, 6) is -1.82. The molecule has 0 saturated carbocycles. The predicted octanol–water partition coefficient (Wildman–Crippen LogP) is 7.68. The summed E-state index contributed by atoms with van der Waals surface area (Å²) in [6.45, 7) is 1.49. The zero-order chi connectivity index (χ0) is 24.1. The summed E-state index contributed by atoms with van der Waals surface area (Å²) in [5.41, 5.74) is 6.12. The van der Waals surface area contributed by atoms with Crippen LogP contribution in [0.25, 0.3) is 22.3 Å². The molecule has 1 N–H and O–H groups in total. The first-order valence-corrected chi connectivity index (χ1v) is 11.6. The highest BCUT2D eigenvalue weighted by Crippen LogP contribution is 2.31. The minimum atomic E-state index is -0.923. The van der Waals surface area contributed by atoms with Crippen LogP contribution in [0.3, 0.4) is 0 Å². The van der Waals surface area contributed by atoms with Crippen LogP contribution >= 0.6 is 11.6 Å². The minimum Gasteiger partial charge on any atom is -0.481 e. The van der Waals surface area contributed by atoms with E-state index in [1.165, 1.54) is 6.92 Å². The minimum absolute atomic E-state index is 0.133. The summed E-state index contributed by atoms with van der Waals surface area (Å²) in [4.78, 5) is 24.6. The Kier molecular flexibility index (Phi) is 7.24. The van der Waals surface area contributed by atoms with Crippen LogP contribution in [0.2, 0.25) is 5.02 Å². The van der Waals surface area contributed by atoms with Crippen molar-refractivity contribution in [2.75, 3.05) is 0 Å². The maximum Gasteiger partial charge on any atom is 0.311 e. The molecule has 0 heterocycles. The Morgan fingerprint density at radius 1 is 0.765 bits per heavy atom. The average molecular weight is 469 g/mol. The number of benzene rings is 4. The van der Waals surface area contributed by atoms with E-state index in [4.69, 9.17) is 11.6 Å². The summed E-state index contributed by atoms with van der Waals surface area (Å²) in [6.07, 6.45) is 0.996. The second kappa shape index (κ2) is 10.5. The van der Waals surface area contributed by atoms with Gasteiger partial charge in [-0.05, 0) is 71.3 Å². The smallest absolute Gasteiger partial charge is 0.311 e. The van der Waals surface area contributed by atoms with Crippen molar-refractivity contribution in [2.24, 2.45) is 0 Å². The fourth-order valence-electron chi connectivity index (χ4n) is 4.20. The van der Waals surface area contributed by atoms with E-state index < -0.39 is 11.9 Å². The summed E-state index contributed by atoms with van der Waals surface area (Å²) in [6, 6.07) is 31.0. The third-order valence-electron chi connectivity index (χ3n) is 6.07. The van der Waals surface area contributed by atoms with Gasteiger partial charge in [-0.3, -0.25) is 9.59 Å². The molecule has 0 fully saturated rings. The zero-order valence-corrected chi connectivity index (χ0v) is 19.6.